The van der Waals surface area contributed by atoms with Crippen molar-refractivity contribution in [1.29, 1.82) is 0 Å². The number of aromatic nitrogens is 1. The molecule has 6 nitrogen and oxygen atoms in total. The zero-order valence-electron chi connectivity index (χ0n) is 8.98. The third kappa shape index (κ3) is 2.80. The van der Waals surface area contributed by atoms with Gasteiger partial charge in [0.2, 0.25) is 10.9 Å². The first kappa shape index (κ1) is 13.6. The van der Waals surface area contributed by atoms with Gasteiger partial charge in [0, 0.05) is 6.07 Å². The Hall–Kier alpha value is -1.48. The second-order valence-corrected chi connectivity index (χ2v) is 4.41. The second-order valence-electron chi connectivity index (χ2n) is 2.94. The van der Waals surface area contributed by atoms with E-state index in [9.17, 15) is 17.2 Å². The fraction of sp³-hybridized carbons (Fsp3) is 0.375. The molecule has 1 aromatic rings. The summed E-state index contributed by atoms with van der Waals surface area (Å²) in [5, 5.41) is 4.07. The van der Waals surface area contributed by atoms with E-state index in [2.05, 4.69) is 14.5 Å². The molecule has 0 atom stereocenters. The smallest absolute Gasteiger partial charge is 0.267 e. The van der Waals surface area contributed by atoms with E-state index in [-0.39, 0.29) is 5.88 Å². The minimum atomic E-state index is -4.28. The fourth-order valence-corrected chi connectivity index (χ4v) is 1.85. The molecule has 0 amide bonds. The molecular formula is C8H10F2N2O4S. The Morgan fingerprint density at radius 3 is 2.29 bits per heavy atom. The molecule has 1 aromatic heterocycles. The van der Waals surface area contributed by atoms with Crippen molar-refractivity contribution in [3.63, 3.8) is 0 Å². The summed E-state index contributed by atoms with van der Waals surface area (Å²) >= 11 is 0. The Kier molecular flexibility index (Phi) is 3.83. The van der Waals surface area contributed by atoms with Gasteiger partial charge in [0.15, 0.2) is 5.75 Å². The van der Waals surface area contributed by atoms with Gasteiger partial charge in [-0.05, 0) is 0 Å². The first-order valence-electron chi connectivity index (χ1n) is 4.25. The molecule has 1 heterocycles. The van der Waals surface area contributed by atoms with E-state index in [0.29, 0.717) is 0 Å². The van der Waals surface area contributed by atoms with Crippen molar-refractivity contribution in [2.45, 2.75) is 11.5 Å². The minimum absolute atomic E-state index is 0.287. The summed E-state index contributed by atoms with van der Waals surface area (Å²) in [4.78, 5) is 3.48. The van der Waals surface area contributed by atoms with Crippen molar-refractivity contribution >= 4 is 10.0 Å². The highest BCUT2D eigenvalue weighted by Crippen LogP contribution is 2.35. The average molecular weight is 268 g/mol. The maximum absolute atomic E-state index is 12.7. The van der Waals surface area contributed by atoms with Gasteiger partial charge < -0.3 is 9.47 Å². The van der Waals surface area contributed by atoms with Gasteiger partial charge in [0.1, 0.15) is 0 Å². The molecule has 0 bridgehead atoms. The van der Waals surface area contributed by atoms with Gasteiger partial charge in [-0.3, -0.25) is 0 Å². The van der Waals surface area contributed by atoms with E-state index in [0.717, 1.165) is 20.3 Å². The molecule has 0 fully saturated rings. The van der Waals surface area contributed by atoms with E-state index in [4.69, 9.17) is 5.14 Å². The van der Waals surface area contributed by atoms with E-state index < -0.39 is 32.8 Å². The number of hydrogen-bond acceptors (Lipinski definition) is 5. The van der Waals surface area contributed by atoms with Crippen LogP contribution in [0.25, 0.3) is 0 Å². The van der Waals surface area contributed by atoms with Crippen LogP contribution in [0.15, 0.2) is 11.1 Å². The van der Waals surface area contributed by atoms with Crippen molar-refractivity contribution in [1.82, 2.24) is 4.98 Å². The highest BCUT2D eigenvalue weighted by molar-refractivity contribution is 7.89. The number of ether oxygens (including phenoxy) is 2. The second kappa shape index (κ2) is 4.80. The maximum Gasteiger partial charge on any atom is 0.267 e. The molecule has 0 spiro atoms. The Morgan fingerprint density at radius 1 is 1.35 bits per heavy atom. The lowest BCUT2D eigenvalue weighted by atomic mass is 10.2. The van der Waals surface area contributed by atoms with Crippen LogP contribution in [0, 0.1) is 0 Å². The molecule has 0 saturated heterocycles. The fourth-order valence-electron chi connectivity index (χ4n) is 1.17. The zero-order chi connectivity index (χ0) is 13.2. The third-order valence-electron chi connectivity index (χ3n) is 1.87. The Morgan fingerprint density at radius 2 is 1.94 bits per heavy atom. The molecule has 96 valence electrons. The number of halogens is 2. The molecule has 2 N–H and O–H groups in total. The van der Waals surface area contributed by atoms with E-state index >= 15 is 0 Å². The standard InChI is InChI=1S/C8H10F2N2O4S/c1-15-5-3-4(7(9)10)6(16-2)8(12-5)17(11,13)14/h3,7H,1-2H3,(H2,11,13,14). The predicted octanol–water partition coefficient (Wildman–Crippen LogP) is 0.684. The highest BCUT2D eigenvalue weighted by Gasteiger charge is 2.26. The summed E-state index contributed by atoms with van der Waals surface area (Å²) in [6, 6.07) is 0.887. The normalized spacial score (nSPS) is 11.6. The Bertz CT molecular complexity index is 519. The number of nitrogens with two attached hydrogens (primary N) is 1. The lowest BCUT2D eigenvalue weighted by Gasteiger charge is -2.12. The molecule has 9 heteroatoms. The molecule has 17 heavy (non-hydrogen) atoms. The number of sulfonamides is 1. The quantitative estimate of drug-likeness (QED) is 0.867. The minimum Gasteiger partial charge on any atom is -0.493 e. The molecule has 0 aliphatic rings. The number of nitrogens with zero attached hydrogens (tertiary/aromatic N) is 1. The zero-order valence-corrected chi connectivity index (χ0v) is 9.79. The van der Waals surface area contributed by atoms with Crippen molar-refractivity contribution in [3.8, 4) is 11.6 Å². The molecule has 0 saturated carbocycles. The van der Waals surface area contributed by atoms with Gasteiger partial charge >= 0.3 is 0 Å². The third-order valence-corrected chi connectivity index (χ3v) is 2.68. The molecule has 0 aromatic carbocycles. The van der Waals surface area contributed by atoms with Crippen LogP contribution in [0.2, 0.25) is 0 Å². The predicted molar refractivity (Wildman–Crippen MR) is 53.7 cm³/mol. The number of rotatable bonds is 4. The highest BCUT2D eigenvalue weighted by atomic mass is 32.2. The van der Waals surface area contributed by atoms with Gasteiger partial charge in [-0.1, -0.05) is 0 Å². The van der Waals surface area contributed by atoms with Crippen molar-refractivity contribution in [3.05, 3.63) is 11.6 Å². The van der Waals surface area contributed by atoms with Crippen molar-refractivity contribution < 1.29 is 26.7 Å². The molecule has 1 rings (SSSR count). The largest absolute Gasteiger partial charge is 0.493 e. The molecular weight excluding hydrogens is 258 g/mol. The van der Waals surface area contributed by atoms with Crippen LogP contribution in [0.4, 0.5) is 8.78 Å². The van der Waals surface area contributed by atoms with Crippen LogP contribution in [0.5, 0.6) is 11.6 Å². The van der Waals surface area contributed by atoms with Gasteiger partial charge in [0.05, 0.1) is 19.8 Å². The maximum atomic E-state index is 12.7. The van der Waals surface area contributed by atoms with Gasteiger partial charge in [-0.25, -0.2) is 22.3 Å². The molecule has 0 radical (unpaired) electrons. The number of methoxy groups -OCH3 is 2. The number of pyridine rings is 1. The summed E-state index contributed by atoms with van der Waals surface area (Å²) in [6.45, 7) is 0. The van der Waals surface area contributed by atoms with Crippen LogP contribution in [-0.4, -0.2) is 27.6 Å². The molecule has 0 unspecified atom stereocenters. The van der Waals surface area contributed by atoms with Gasteiger partial charge in [-0.2, -0.15) is 4.98 Å². The first-order valence-corrected chi connectivity index (χ1v) is 5.79. The van der Waals surface area contributed by atoms with E-state index in [1.165, 1.54) is 0 Å². The Balaban J connectivity index is 3.63. The summed E-state index contributed by atoms with van der Waals surface area (Å²) in [6.07, 6.45) is -2.94. The molecule has 0 aliphatic carbocycles. The van der Waals surface area contributed by atoms with Crippen LogP contribution < -0.4 is 14.6 Å². The monoisotopic (exact) mass is 268 g/mol. The lowest BCUT2D eigenvalue weighted by molar-refractivity contribution is 0.145. The average Bonchev–Trinajstić information content (AvgIpc) is 2.25. The van der Waals surface area contributed by atoms with E-state index in [1.807, 2.05) is 0 Å². The van der Waals surface area contributed by atoms with Crippen molar-refractivity contribution in [2.75, 3.05) is 14.2 Å². The summed E-state index contributed by atoms with van der Waals surface area (Å²) in [5.74, 6) is -0.867. The number of hydrogen-bond donors (Lipinski definition) is 1. The topological polar surface area (TPSA) is 91.5 Å². The van der Waals surface area contributed by atoms with Crippen molar-refractivity contribution in [2.24, 2.45) is 5.14 Å². The van der Waals surface area contributed by atoms with Crippen LogP contribution >= 0.6 is 0 Å². The van der Waals surface area contributed by atoms with Crippen LogP contribution in [0.1, 0.15) is 12.0 Å². The van der Waals surface area contributed by atoms with Gasteiger partial charge in [0.25, 0.3) is 16.4 Å². The first-order chi connectivity index (χ1) is 7.81. The van der Waals surface area contributed by atoms with Crippen LogP contribution in [0.3, 0.4) is 0 Å². The Labute approximate surface area is 96.4 Å². The summed E-state index contributed by atoms with van der Waals surface area (Å²) in [7, 11) is -2.07. The number of primary sulfonamides is 1. The summed E-state index contributed by atoms with van der Waals surface area (Å²) in [5.41, 5.74) is -0.650. The van der Waals surface area contributed by atoms with E-state index in [1.54, 1.807) is 0 Å². The SMILES string of the molecule is COc1cc(C(F)F)c(OC)c(S(N)(=O)=O)n1. The molecule has 0 aliphatic heterocycles. The lowest BCUT2D eigenvalue weighted by Crippen LogP contribution is -2.17. The number of alkyl halides is 2. The van der Waals surface area contributed by atoms with Crippen LogP contribution in [-0.2, 0) is 10.0 Å². The summed E-state index contributed by atoms with van der Waals surface area (Å²) < 4.78 is 57.0. The van der Waals surface area contributed by atoms with Gasteiger partial charge in [-0.15, -0.1) is 0 Å².